The van der Waals surface area contributed by atoms with E-state index in [-0.39, 0.29) is 21.1 Å². The fraction of sp³-hybridized carbons (Fsp3) is 0.0625. The molecule has 1 N–H and O–H groups in total. The fourth-order valence-corrected chi connectivity index (χ4v) is 3.01. The minimum absolute atomic E-state index is 0.0771. The first-order chi connectivity index (χ1) is 12.8. The van der Waals surface area contributed by atoms with E-state index in [4.69, 9.17) is 0 Å². The van der Waals surface area contributed by atoms with Crippen molar-refractivity contribution in [3.05, 3.63) is 65.5 Å². The minimum atomic E-state index is -4.16. The number of benzene rings is 2. The number of sulfonamides is 1. The second kappa shape index (κ2) is 7.23. The van der Waals surface area contributed by atoms with Gasteiger partial charge in [-0.1, -0.05) is 22.1 Å². The van der Waals surface area contributed by atoms with E-state index >= 15 is 0 Å². The second-order valence-electron chi connectivity index (χ2n) is 5.24. The lowest BCUT2D eigenvalue weighted by Gasteiger charge is -2.12. The standard InChI is InChI=1S/C16H11FN2O7S/c17-10-5-7-11(8-6-10)27(23,24)18-25-9-14(20)26-19-15(21)12-3-1-2-4-13(12)16(19)22/h1-8,18H,9H2. The Labute approximate surface area is 152 Å². The largest absolute Gasteiger partial charge is 0.360 e. The smallest absolute Gasteiger partial charge is 0.327 e. The molecule has 3 rings (SSSR count). The third kappa shape index (κ3) is 3.84. The van der Waals surface area contributed by atoms with Crippen LogP contribution in [0.15, 0.2) is 53.4 Å². The summed E-state index contributed by atoms with van der Waals surface area (Å²) < 4.78 is 36.6. The molecule has 1 heterocycles. The number of carbonyl (C=O) groups is 3. The van der Waals surface area contributed by atoms with Gasteiger partial charge in [-0.25, -0.2) is 17.6 Å². The van der Waals surface area contributed by atoms with Crippen LogP contribution in [0.25, 0.3) is 0 Å². The summed E-state index contributed by atoms with van der Waals surface area (Å²) >= 11 is 0. The SMILES string of the molecule is O=C(CONS(=O)(=O)c1ccc(F)cc1)ON1C(=O)c2ccccc2C1=O. The summed E-state index contributed by atoms with van der Waals surface area (Å²) in [6.45, 7) is -0.923. The van der Waals surface area contributed by atoms with E-state index in [0.29, 0.717) is 0 Å². The number of nitrogens with zero attached hydrogens (tertiary/aromatic N) is 1. The van der Waals surface area contributed by atoms with Crippen LogP contribution in [0.4, 0.5) is 4.39 Å². The summed E-state index contributed by atoms with van der Waals surface area (Å²) in [5.41, 5.74) is 0.154. The molecule has 0 aliphatic carbocycles. The first-order valence-corrected chi connectivity index (χ1v) is 8.86. The summed E-state index contributed by atoms with van der Waals surface area (Å²) in [6.07, 6.45) is 0. The van der Waals surface area contributed by atoms with E-state index in [1.165, 1.54) is 12.1 Å². The van der Waals surface area contributed by atoms with Crippen molar-refractivity contribution in [1.29, 1.82) is 0 Å². The zero-order valence-corrected chi connectivity index (χ0v) is 14.2. The van der Waals surface area contributed by atoms with Gasteiger partial charge < -0.3 is 4.84 Å². The first kappa shape index (κ1) is 18.6. The highest BCUT2D eigenvalue weighted by Gasteiger charge is 2.38. The number of nitrogens with one attached hydrogen (secondary N) is 1. The highest BCUT2D eigenvalue weighted by molar-refractivity contribution is 7.89. The molecule has 0 bridgehead atoms. The number of rotatable bonds is 6. The summed E-state index contributed by atoms with van der Waals surface area (Å²) in [7, 11) is -4.16. The quantitative estimate of drug-likeness (QED) is 0.568. The van der Waals surface area contributed by atoms with E-state index in [2.05, 4.69) is 9.68 Å². The molecule has 0 unspecified atom stereocenters. The zero-order chi connectivity index (χ0) is 19.6. The van der Waals surface area contributed by atoms with Crippen LogP contribution in [0.2, 0.25) is 0 Å². The minimum Gasteiger partial charge on any atom is -0.327 e. The lowest BCUT2D eigenvalue weighted by molar-refractivity contribution is -0.174. The Morgan fingerprint density at radius 2 is 1.56 bits per heavy atom. The van der Waals surface area contributed by atoms with Crippen LogP contribution in [0.1, 0.15) is 20.7 Å². The third-order valence-electron chi connectivity index (χ3n) is 3.43. The Morgan fingerprint density at radius 3 is 2.11 bits per heavy atom. The van der Waals surface area contributed by atoms with Crippen molar-refractivity contribution in [2.24, 2.45) is 0 Å². The van der Waals surface area contributed by atoms with Crippen molar-refractivity contribution in [3.63, 3.8) is 0 Å². The van der Waals surface area contributed by atoms with Gasteiger partial charge >= 0.3 is 5.97 Å². The van der Waals surface area contributed by atoms with E-state index < -0.39 is 40.2 Å². The van der Waals surface area contributed by atoms with Crippen LogP contribution in [0, 0.1) is 5.82 Å². The Bertz CT molecular complexity index is 986. The van der Waals surface area contributed by atoms with Crippen molar-refractivity contribution in [2.75, 3.05) is 6.61 Å². The number of hydrogen-bond acceptors (Lipinski definition) is 7. The van der Waals surface area contributed by atoms with Gasteiger partial charge in [0.15, 0.2) is 6.61 Å². The normalized spacial score (nSPS) is 13.6. The maximum Gasteiger partial charge on any atom is 0.360 e. The fourth-order valence-electron chi connectivity index (χ4n) is 2.21. The molecule has 0 saturated carbocycles. The van der Waals surface area contributed by atoms with E-state index in [0.717, 1.165) is 24.3 Å². The Kier molecular flexibility index (Phi) is 4.99. The van der Waals surface area contributed by atoms with Gasteiger partial charge in [-0.15, -0.1) is 0 Å². The van der Waals surface area contributed by atoms with Crippen molar-refractivity contribution < 1.29 is 36.9 Å². The van der Waals surface area contributed by atoms with Crippen molar-refractivity contribution in [3.8, 4) is 0 Å². The molecule has 0 aromatic heterocycles. The van der Waals surface area contributed by atoms with E-state index in [1.54, 1.807) is 17.0 Å². The lowest BCUT2D eigenvalue weighted by Crippen LogP contribution is -2.35. The maximum atomic E-state index is 12.8. The van der Waals surface area contributed by atoms with Crippen molar-refractivity contribution >= 4 is 27.8 Å². The summed E-state index contributed by atoms with van der Waals surface area (Å²) in [5, 5.41) is 0.269. The molecule has 9 nitrogen and oxygen atoms in total. The molecule has 0 atom stereocenters. The molecule has 2 aromatic carbocycles. The molecule has 2 amide bonds. The van der Waals surface area contributed by atoms with Crippen molar-refractivity contribution in [2.45, 2.75) is 4.90 Å². The van der Waals surface area contributed by atoms with Gasteiger partial charge in [-0.2, -0.15) is 0 Å². The molecule has 2 aromatic rings. The Hall–Kier alpha value is -3.15. The Balaban J connectivity index is 1.56. The Morgan fingerprint density at radius 1 is 1.00 bits per heavy atom. The number of hydroxylamine groups is 2. The number of amides is 2. The highest BCUT2D eigenvalue weighted by atomic mass is 32.2. The van der Waals surface area contributed by atoms with Gasteiger partial charge in [0.25, 0.3) is 21.8 Å². The van der Waals surface area contributed by atoms with E-state index in [1.807, 2.05) is 0 Å². The van der Waals surface area contributed by atoms with Gasteiger partial charge in [0, 0.05) is 0 Å². The van der Waals surface area contributed by atoms with Gasteiger partial charge in [-0.05, 0) is 36.4 Å². The maximum absolute atomic E-state index is 12.8. The molecule has 1 aliphatic heterocycles. The van der Waals surface area contributed by atoms with E-state index in [9.17, 15) is 27.2 Å². The molecule has 0 saturated heterocycles. The number of fused-ring (bicyclic) bond motifs is 1. The first-order valence-electron chi connectivity index (χ1n) is 7.37. The van der Waals surface area contributed by atoms with Crippen LogP contribution >= 0.6 is 0 Å². The van der Waals surface area contributed by atoms with Crippen molar-refractivity contribution in [1.82, 2.24) is 9.95 Å². The predicted octanol–water partition coefficient (Wildman–Crippen LogP) is 0.790. The van der Waals surface area contributed by atoms with Crippen LogP contribution in [0.5, 0.6) is 0 Å². The van der Waals surface area contributed by atoms with Gasteiger partial charge in [0.05, 0.1) is 16.0 Å². The van der Waals surface area contributed by atoms with Crippen LogP contribution in [-0.4, -0.2) is 37.9 Å². The summed E-state index contributed by atoms with van der Waals surface area (Å²) in [5.74, 6) is -3.46. The monoisotopic (exact) mass is 394 g/mol. The average molecular weight is 394 g/mol. The molecule has 0 radical (unpaired) electrons. The topological polar surface area (TPSA) is 119 Å². The molecule has 27 heavy (non-hydrogen) atoms. The predicted molar refractivity (Wildman–Crippen MR) is 85.7 cm³/mol. The number of imide groups is 1. The number of hydrogen-bond donors (Lipinski definition) is 1. The summed E-state index contributed by atoms with van der Waals surface area (Å²) in [6, 6.07) is 9.76. The van der Waals surface area contributed by atoms with Crippen LogP contribution in [-0.2, 0) is 24.5 Å². The molecule has 1 aliphatic rings. The van der Waals surface area contributed by atoms with Crippen LogP contribution in [0.3, 0.4) is 0 Å². The molecular formula is C16H11FN2O7S. The molecule has 0 fully saturated rings. The average Bonchev–Trinajstić information content (AvgIpc) is 2.87. The lowest BCUT2D eigenvalue weighted by atomic mass is 10.1. The second-order valence-corrected chi connectivity index (χ2v) is 6.89. The third-order valence-corrected chi connectivity index (χ3v) is 4.66. The van der Waals surface area contributed by atoms with Gasteiger partial charge in [0.1, 0.15) is 5.82 Å². The zero-order valence-electron chi connectivity index (χ0n) is 13.4. The molecular weight excluding hydrogens is 383 g/mol. The molecule has 0 spiro atoms. The van der Waals surface area contributed by atoms with Crippen LogP contribution < -0.4 is 4.89 Å². The number of halogens is 1. The summed E-state index contributed by atoms with van der Waals surface area (Å²) in [4.78, 5) is 46.3. The van der Waals surface area contributed by atoms with Gasteiger partial charge in [0.2, 0.25) is 0 Å². The molecule has 11 heteroatoms. The number of carbonyl (C=O) groups excluding carboxylic acids is 3. The van der Waals surface area contributed by atoms with Gasteiger partial charge in [-0.3, -0.25) is 14.4 Å². The highest BCUT2D eigenvalue weighted by Crippen LogP contribution is 2.22. The molecule has 140 valence electrons.